The van der Waals surface area contributed by atoms with Crippen molar-refractivity contribution in [1.29, 1.82) is 0 Å². The van der Waals surface area contributed by atoms with Crippen molar-refractivity contribution in [3.63, 3.8) is 0 Å². The topological polar surface area (TPSA) is 48.9 Å². The summed E-state index contributed by atoms with van der Waals surface area (Å²) < 4.78 is 5.69. The van der Waals surface area contributed by atoms with Crippen molar-refractivity contribution in [2.75, 3.05) is 39.3 Å². The second-order valence-electron chi connectivity index (χ2n) is 6.57. The van der Waals surface area contributed by atoms with Gasteiger partial charge in [-0.3, -0.25) is 0 Å². The molecular formula is C20H35IN4O. The van der Waals surface area contributed by atoms with Crippen LogP contribution in [0.15, 0.2) is 29.3 Å². The minimum absolute atomic E-state index is 0. The number of nitrogens with one attached hydrogen (secondary N) is 2. The van der Waals surface area contributed by atoms with Crippen molar-refractivity contribution >= 4 is 29.9 Å². The van der Waals surface area contributed by atoms with Crippen LogP contribution in [0.5, 0.6) is 5.75 Å². The van der Waals surface area contributed by atoms with Crippen LogP contribution in [0.2, 0.25) is 0 Å². The average molecular weight is 474 g/mol. The summed E-state index contributed by atoms with van der Waals surface area (Å²) in [6, 6.07) is 8.13. The van der Waals surface area contributed by atoms with E-state index in [4.69, 9.17) is 9.73 Å². The Hall–Kier alpha value is -1.02. The summed E-state index contributed by atoms with van der Waals surface area (Å²) in [5.74, 6) is 2.53. The monoisotopic (exact) mass is 474 g/mol. The van der Waals surface area contributed by atoms with Crippen LogP contribution in [0.3, 0.4) is 0 Å². The fourth-order valence-electron chi connectivity index (χ4n) is 3.28. The quantitative estimate of drug-likeness (QED) is 0.327. The van der Waals surface area contributed by atoms with Crippen LogP contribution in [0.25, 0.3) is 0 Å². The second-order valence-corrected chi connectivity index (χ2v) is 6.57. The summed E-state index contributed by atoms with van der Waals surface area (Å²) in [5.41, 5.74) is 1.12. The number of guanidine groups is 1. The Balaban J connectivity index is 0.00000338. The highest BCUT2D eigenvalue weighted by atomic mass is 127. The van der Waals surface area contributed by atoms with E-state index < -0.39 is 0 Å². The van der Waals surface area contributed by atoms with Gasteiger partial charge in [0.25, 0.3) is 0 Å². The number of rotatable bonds is 9. The number of ether oxygens (including phenoxy) is 1. The first-order valence-corrected chi connectivity index (χ1v) is 9.72. The summed E-state index contributed by atoms with van der Waals surface area (Å²) in [5, 5.41) is 6.87. The summed E-state index contributed by atoms with van der Waals surface area (Å²) >= 11 is 0. The van der Waals surface area contributed by atoms with Gasteiger partial charge in [0.1, 0.15) is 5.75 Å². The van der Waals surface area contributed by atoms with Gasteiger partial charge in [-0.2, -0.15) is 0 Å². The molecule has 0 saturated carbocycles. The van der Waals surface area contributed by atoms with E-state index in [1.807, 2.05) is 25.1 Å². The minimum Gasteiger partial charge on any atom is -0.494 e. The fourth-order valence-corrected chi connectivity index (χ4v) is 3.28. The van der Waals surface area contributed by atoms with Crippen molar-refractivity contribution in [3.8, 4) is 5.75 Å². The Kier molecular flexibility index (Phi) is 11.7. The third-order valence-corrected chi connectivity index (χ3v) is 4.49. The number of para-hydroxylation sites is 1. The molecule has 2 N–H and O–H groups in total. The molecule has 26 heavy (non-hydrogen) atoms. The molecule has 1 aliphatic heterocycles. The maximum Gasteiger partial charge on any atom is 0.191 e. The Labute approximate surface area is 176 Å². The van der Waals surface area contributed by atoms with Gasteiger partial charge >= 0.3 is 0 Å². The lowest BCUT2D eigenvalue weighted by Crippen LogP contribution is -2.40. The lowest BCUT2D eigenvalue weighted by molar-refractivity contribution is 0.324. The predicted octanol–water partition coefficient (Wildman–Crippen LogP) is 3.49. The second kappa shape index (κ2) is 13.2. The average Bonchev–Trinajstić information content (AvgIpc) is 3.07. The van der Waals surface area contributed by atoms with Crippen molar-refractivity contribution in [3.05, 3.63) is 29.8 Å². The standard InChI is InChI=1S/C20H34N4O.HI/c1-4-12-24-13-11-17(16-24)14-22-20(21-5-2)23-15-18-9-7-8-10-19(18)25-6-3;/h7-10,17H,4-6,11-16H2,1-3H3,(H2,21,22,23);1H. The number of aliphatic imine (C=N–C) groups is 1. The Morgan fingerprint density at radius 3 is 2.77 bits per heavy atom. The van der Waals surface area contributed by atoms with E-state index in [0.717, 1.165) is 30.4 Å². The molecular weight excluding hydrogens is 439 g/mol. The maximum absolute atomic E-state index is 5.69. The number of benzene rings is 1. The number of likely N-dealkylation sites (tertiary alicyclic amines) is 1. The van der Waals surface area contributed by atoms with E-state index in [-0.39, 0.29) is 24.0 Å². The maximum atomic E-state index is 5.69. The van der Waals surface area contributed by atoms with Gasteiger partial charge in [0.15, 0.2) is 5.96 Å². The third-order valence-electron chi connectivity index (χ3n) is 4.49. The Morgan fingerprint density at radius 1 is 1.23 bits per heavy atom. The van der Waals surface area contributed by atoms with Gasteiger partial charge in [0, 0.05) is 25.2 Å². The molecule has 0 amide bonds. The molecule has 1 aromatic carbocycles. The SMILES string of the molecule is CCCN1CCC(CNC(=NCc2ccccc2OCC)NCC)C1.I. The zero-order valence-electron chi connectivity index (χ0n) is 16.5. The van der Waals surface area contributed by atoms with Gasteiger partial charge in [-0.05, 0) is 51.8 Å². The molecule has 1 aliphatic rings. The van der Waals surface area contributed by atoms with Crippen LogP contribution in [0, 0.1) is 5.92 Å². The molecule has 1 unspecified atom stereocenters. The van der Waals surface area contributed by atoms with Gasteiger partial charge in [-0.15, -0.1) is 24.0 Å². The molecule has 0 radical (unpaired) electrons. The molecule has 1 saturated heterocycles. The first-order chi connectivity index (χ1) is 12.3. The van der Waals surface area contributed by atoms with E-state index in [0.29, 0.717) is 19.1 Å². The van der Waals surface area contributed by atoms with Crippen molar-refractivity contribution < 1.29 is 4.74 Å². The smallest absolute Gasteiger partial charge is 0.191 e. The number of hydrogen-bond acceptors (Lipinski definition) is 3. The largest absolute Gasteiger partial charge is 0.494 e. The normalized spacial score (nSPS) is 17.7. The molecule has 1 fully saturated rings. The first-order valence-electron chi connectivity index (χ1n) is 9.72. The zero-order valence-corrected chi connectivity index (χ0v) is 18.8. The van der Waals surface area contributed by atoms with Gasteiger partial charge in [-0.25, -0.2) is 4.99 Å². The van der Waals surface area contributed by atoms with Crippen LogP contribution < -0.4 is 15.4 Å². The predicted molar refractivity (Wildman–Crippen MR) is 121 cm³/mol. The molecule has 0 bridgehead atoms. The van der Waals surface area contributed by atoms with Gasteiger partial charge in [0.2, 0.25) is 0 Å². The highest BCUT2D eigenvalue weighted by Crippen LogP contribution is 2.19. The summed E-state index contributed by atoms with van der Waals surface area (Å²) in [7, 11) is 0. The van der Waals surface area contributed by atoms with Crippen LogP contribution in [-0.2, 0) is 6.54 Å². The summed E-state index contributed by atoms with van der Waals surface area (Å²) in [4.78, 5) is 7.31. The van der Waals surface area contributed by atoms with Crippen molar-refractivity contribution in [1.82, 2.24) is 15.5 Å². The van der Waals surface area contributed by atoms with Gasteiger partial charge in [-0.1, -0.05) is 25.1 Å². The Morgan fingerprint density at radius 2 is 2.04 bits per heavy atom. The van der Waals surface area contributed by atoms with E-state index in [1.165, 1.54) is 32.5 Å². The number of hydrogen-bond donors (Lipinski definition) is 2. The van der Waals surface area contributed by atoms with E-state index in [1.54, 1.807) is 0 Å². The summed E-state index contributed by atoms with van der Waals surface area (Å²) in [6.07, 6.45) is 2.52. The van der Waals surface area contributed by atoms with Crippen LogP contribution >= 0.6 is 24.0 Å². The fraction of sp³-hybridized carbons (Fsp3) is 0.650. The first kappa shape index (κ1) is 23.0. The zero-order chi connectivity index (χ0) is 17.9. The van der Waals surface area contributed by atoms with Gasteiger partial charge < -0.3 is 20.3 Å². The van der Waals surface area contributed by atoms with E-state index in [9.17, 15) is 0 Å². The highest BCUT2D eigenvalue weighted by Gasteiger charge is 2.21. The van der Waals surface area contributed by atoms with Crippen LogP contribution in [0.1, 0.15) is 39.2 Å². The molecule has 0 aromatic heterocycles. The third kappa shape index (κ3) is 7.70. The molecule has 2 rings (SSSR count). The van der Waals surface area contributed by atoms with E-state index in [2.05, 4.69) is 35.4 Å². The molecule has 0 spiro atoms. The van der Waals surface area contributed by atoms with Crippen molar-refractivity contribution in [2.45, 2.75) is 40.2 Å². The molecule has 6 heteroatoms. The van der Waals surface area contributed by atoms with Crippen LogP contribution in [0.4, 0.5) is 0 Å². The van der Waals surface area contributed by atoms with Crippen molar-refractivity contribution in [2.24, 2.45) is 10.9 Å². The Bertz CT molecular complexity index is 538. The molecule has 0 aliphatic carbocycles. The molecule has 5 nitrogen and oxygen atoms in total. The minimum atomic E-state index is 0. The molecule has 148 valence electrons. The highest BCUT2D eigenvalue weighted by molar-refractivity contribution is 14.0. The van der Waals surface area contributed by atoms with Crippen LogP contribution in [-0.4, -0.2) is 50.2 Å². The van der Waals surface area contributed by atoms with Gasteiger partial charge in [0.05, 0.1) is 13.2 Å². The summed E-state index contributed by atoms with van der Waals surface area (Å²) in [6.45, 7) is 13.2. The van der Waals surface area contributed by atoms with E-state index >= 15 is 0 Å². The number of halogens is 1. The molecule has 1 heterocycles. The number of nitrogens with zero attached hydrogens (tertiary/aromatic N) is 2. The molecule has 1 aromatic rings. The molecule has 1 atom stereocenters. The lowest BCUT2D eigenvalue weighted by atomic mass is 10.1. The lowest BCUT2D eigenvalue weighted by Gasteiger charge is -2.17.